The predicted molar refractivity (Wildman–Crippen MR) is 91.0 cm³/mol. The molecule has 0 spiro atoms. The lowest BCUT2D eigenvalue weighted by atomic mass is 9.76. The molecule has 1 aromatic rings. The summed E-state index contributed by atoms with van der Waals surface area (Å²) in [5.74, 6) is -0.387. The smallest absolute Gasteiger partial charge is 0.314 e. The van der Waals surface area contributed by atoms with Crippen molar-refractivity contribution in [2.75, 3.05) is 20.2 Å². The highest BCUT2D eigenvalue weighted by Crippen LogP contribution is 2.39. The number of carboxylic acids is 1. The maximum absolute atomic E-state index is 11.7. The van der Waals surface area contributed by atoms with E-state index in [0.29, 0.717) is 12.5 Å². The molecule has 0 aromatic heterocycles. The molecular weight excluding hydrogens is 308 g/mol. The van der Waals surface area contributed by atoms with Crippen molar-refractivity contribution in [3.05, 3.63) is 35.9 Å². The third-order valence-corrected chi connectivity index (χ3v) is 4.80. The minimum absolute atomic E-state index is 0.0817. The minimum atomic E-state index is -0.928. The molecule has 1 saturated carbocycles. The Morgan fingerprint density at radius 3 is 2.46 bits per heavy atom. The van der Waals surface area contributed by atoms with E-state index in [1.165, 1.54) is 5.56 Å². The molecule has 0 saturated heterocycles. The summed E-state index contributed by atoms with van der Waals surface area (Å²) in [5.41, 5.74) is 1.02. The summed E-state index contributed by atoms with van der Waals surface area (Å²) in [6, 6.07) is 10.1. The topological polar surface area (TPSA) is 87.7 Å². The second kappa shape index (κ2) is 8.68. The first-order valence-corrected chi connectivity index (χ1v) is 8.38. The summed E-state index contributed by atoms with van der Waals surface area (Å²) in [4.78, 5) is 22.2. The number of carbonyl (C=O) groups is 2. The molecule has 0 bridgehead atoms. The summed E-state index contributed by atoms with van der Waals surface area (Å²) in [6.07, 6.45) is 3.75. The van der Waals surface area contributed by atoms with Gasteiger partial charge in [0.05, 0.1) is 12.0 Å². The number of carbonyl (C=O) groups excluding carboxylic acids is 1. The van der Waals surface area contributed by atoms with Crippen molar-refractivity contribution in [3.63, 3.8) is 0 Å². The van der Waals surface area contributed by atoms with E-state index in [9.17, 15) is 9.59 Å². The average Bonchev–Trinajstić information content (AvgIpc) is 2.61. The average molecular weight is 334 g/mol. The number of methoxy groups -OCH3 is 1. The highest BCUT2D eigenvalue weighted by molar-refractivity contribution is 5.75. The number of urea groups is 1. The lowest BCUT2D eigenvalue weighted by molar-refractivity contribution is -0.136. The normalized spacial score (nSPS) is 23.5. The van der Waals surface area contributed by atoms with Gasteiger partial charge in [0.1, 0.15) is 0 Å². The monoisotopic (exact) mass is 334 g/mol. The van der Waals surface area contributed by atoms with Gasteiger partial charge in [0.15, 0.2) is 0 Å². The van der Waals surface area contributed by atoms with Crippen LogP contribution in [0.3, 0.4) is 0 Å². The lowest BCUT2D eigenvalue weighted by Crippen LogP contribution is -2.49. The summed E-state index contributed by atoms with van der Waals surface area (Å²) in [6.45, 7) is 0.557. The van der Waals surface area contributed by atoms with E-state index in [4.69, 9.17) is 9.84 Å². The van der Waals surface area contributed by atoms with Gasteiger partial charge in [-0.2, -0.15) is 0 Å². The van der Waals surface area contributed by atoms with E-state index >= 15 is 0 Å². The third kappa shape index (κ3) is 5.23. The fourth-order valence-electron chi connectivity index (χ4n) is 3.24. The highest BCUT2D eigenvalue weighted by Gasteiger charge is 2.36. The molecule has 1 aliphatic carbocycles. The Labute approximate surface area is 142 Å². The van der Waals surface area contributed by atoms with Crippen molar-refractivity contribution in [1.29, 1.82) is 0 Å². The van der Waals surface area contributed by atoms with Crippen LogP contribution in [0, 0.1) is 0 Å². The fraction of sp³-hybridized carbons (Fsp3) is 0.556. The summed E-state index contributed by atoms with van der Waals surface area (Å²) >= 11 is 0. The second-order valence-corrected chi connectivity index (χ2v) is 6.33. The van der Waals surface area contributed by atoms with Crippen LogP contribution in [0.4, 0.5) is 4.79 Å². The third-order valence-electron chi connectivity index (χ3n) is 4.80. The maximum atomic E-state index is 11.7. The molecule has 1 aromatic carbocycles. The van der Waals surface area contributed by atoms with Gasteiger partial charge in [-0.25, -0.2) is 4.79 Å². The summed E-state index contributed by atoms with van der Waals surface area (Å²) < 4.78 is 5.72. The summed E-state index contributed by atoms with van der Waals surface area (Å²) in [7, 11) is 1.69. The quantitative estimate of drug-likeness (QED) is 0.715. The van der Waals surface area contributed by atoms with E-state index < -0.39 is 5.97 Å². The van der Waals surface area contributed by atoms with Crippen molar-refractivity contribution < 1.29 is 19.4 Å². The van der Waals surface area contributed by atoms with Gasteiger partial charge >= 0.3 is 12.0 Å². The zero-order valence-electron chi connectivity index (χ0n) is 14.1. The van der Waals surface area contributed by atoms with E-state index in [-0.39, 0.29) is 24.6 Å². The van der Waals surface area contributed by atoms with Crippen LogP contribution in [0.2, 0.25) is 0 Å². The van der Waals surface area contributed by atoms with Crippen LogP contribution >= 0.6 is 0 Å². The number of rotatable bonds is 7. The molecule has 132 valence electrons. The maximum Gasteiger partial charge on any atom is 0.314 e. The first-order chi connectivity index (χ1) is 11.5. The molecule has 0 heterocycles. The number of benzene rings is 1. The molecule has 1 aliphatic rings. The van der Waals surface area contributed by atoms with Gasteiger partial charge in [-0.05, 0) is 37.2 Å². The van der Waals surface area contributed by atoms with Crippen LogP contribution in [0.25, 0.3) is 0 Å². The Balaban J connectivity index is 1.79. The number of amides is 2. The Morgan fingerprint density at radius 1 is 1.21 bits per heavy atom. The lowest BCUT2D eigenvalue weighted by Gasteiger charge is -2.39. The molecule has 1 fully saturated rings. The Bertz CT molecular complexity index is 539. The number of nitrogens with one attached hydrogen (secondary N) is 2. The fourth-order valence-corrected chi connectivity index (χ4v) is 3.24. The van der Waals surface area contributed by atoms with Gasteiger partial charge < -0.3 is 20.5 Å². The SMILES string of the molecule is COC1(CNC(=O)NCCC(=O)O)CCC(c2ccccc2)CC1. The van der Waals surface area contributed by atoms with E-state index in [0.717, 1.165) is 25.7 Å². The molecule has 0 unspecified atom stereocenters. The molecule has 0 atom stereocenters. The van der Waals surface area contributed by atoms with Crippen LogP contribution in [0.15, 0.2) is 30.3 Å². The van der Waals surface area contributed by atoms with Gasteiger partial charge in [0.2, 0.25) is 0 Å². The van der Waals surface area contributed by atoms with Gasteiger partial charge in [-0.15, -0.1) is 0 Å². The second-order valence-electron chi connectivity index (χ2n) is 6.33. The van der Waals surface area contributed by atoms with E-state index in [1.807, 2.05) is 6.07 Å². The number of hydrogen-bond donors (Lipinski definition) is 3. The molecule has 24 heavy (non-hydrogen) atoms. The largest absolute Gasteiger partial charge is 0.481 e. The van der Waals surface area contributed by atoms with Crippen molar-refractivity contribution in [2.45, 2.75) is 43.6 Å². The van der Waals surface area contributed by atoms with Gasteiger partial charge in [-0.1, -0.05) is 30.3 Å². The first kappa shape index (κ1) is 18.3. The Hall–Kier alpha value is -2.08. The zero-order valence-corrected chi connectivity index (χ0v) is 14.1. The Kier molecular flexibility index (Phi) is 6.61. The standard InChI is InChI=1S/C18H26N2O4/c1-24-18(13-20-17(23)19-12-9-16(21)22)10-7-15(8-11-18)14-5-3-2-4-6-14/h2-6,15H,7-13H2,1H3,(H,21,22)(H2,19,20,23). The molecule has 6 heteroatoms. The van der Waals surface area contributed by atoms with Crippen LogP contribution in [-0.4, -0.2) is 42.9 Å². The molecule has 2 amide bonds. The molecule has 3 N–H and O–H groups in total. The number of aliphatic carboxylic acids is 1. The van der Waals surface area contributed by atoms with Crippen LogP contribution in [0.5, 0.6) is 0 Å². The van der Waals surface area contributed by atoms with E-state index in [1.54, 1.807) is 7.11 Å². The highest BCUT2D eigenvalue weighted by atomic mass is 16.5. The summed E-state index contributed by atoms with van der Waals surface area (Å²) in [5, 5.41) is 13.9. The van der Waals surface area contributed by atoms with Crippen molar-refractivity contribution in [2.24, 2.45) is 0 Å². The van der Waals surface area contributed by atoms with E-state index in [2.05, 4.69) is 34.9 Å². The molecule has 6 nitrogen and oxygen atoms in total. The molecule has 0 radical (unpaired) electrons. The minimum Gasteiger partial charge on any atom is -0.481 e. The zero-order chi connectivity index (χ0) is 17.4. The molecule has 2 rings (SSSR count). The van der Waals surface area contributed by atoms with Gasteiger partial charge in [0, 0.05) is 20.2 Å². The van der Waals surface area contributed by atoms with Crippen LogP contribution in [0.1, 0.15) is 43.6 Å². The number of carboxylic acid groups (broad SMARTS) is 1. The van der Waals surface area contributed by atoms with Crippen molar-refractivity contribution >= 4 is 12.0 Å². The number of ether oxygens (including phenoxy) is 1. The van der Waals surface area contributed by atoms with Gasteiger partial charge in [0.25, 0.3) is 0 Å². The van der Waals surface area contributed by atoms with Crippen molar-refractivity contribution in [1.82, 2.24) is 10.6 Å². The number of hydrogen-bond acceptors (Lipinski definition) is 3. The Morgan fingerprint density at radius 2 is 1.88 bits per heavy atom. The van der Waals surface area contributed by atoms with Crippen molar-refractivity contribution in [3.8, 4) is 0 Å². The predicted octanol–water partition coefficient (Wildman–Crippen LogP) is 2.50. The molecular formula is C18H26N2O4. The van der Waals surface area contributed by atoms with Crippen LogP contribution in [-0.2, 0) is 9.53 Å². The van der Waals surface area contributed by atoms with Crippen LogP contribution < -0.4 is 10.6 Å². The van der Waals surface area contributed by atoms with Gasteiger partial charge in [-0.3, -0.25) is 4.79 Å². The molecule has 0 aliphatic heterocycles. The first-order valence-electron chi connectivity index (χ1n) is 8.38.